The Hall–Kier alpha value is -12.8. The summed E-state index contributed by atoms with van der Waals surface area (Å²) in [6.07, 6.45) is 4.22. The SMILES string of the molecule is CCC(C)c1cccc(OC(=O)c2ccccc2C)c1.CCC(C)c1cccc(OCC(=O)Oc2ccc(S(=O)(=O)[O-])cc2)c1.CCC(C)c1cccc(OCC(=O)Oc2ccc(S(=O)(=O)[O-])cc2)c1.CCC(C)c1cccc(OCc2ccccc2C)c1.COc1cccc([S+](c2ccccc2)c2ccccc2)c1.c1ccc([S+](c2ccccc2)c2ccccc2)cc1. The molecule has 0 heterocycles. The second-order valence-electron chi connectivity index (χ2n) is 30.2. The molecule has 0 aliphatic heterocycles. The summed E-state index contributed by atoms with van der Waals surface area (Å²) in [5.41, 5.74) is 8.87. The molecule has 0 spiro atoms. The van der Waals surface area contributed by atoms with Gasteiger partial charge in [0.1, 0.15) is 67.1 Å². The lowest BCUT2D eigenvalue weighted by molar-refractivity contribution is -0.137. The highest BCUT2D eigenvalue weighted by Crippen LogP contribution is 2.35. The summed E-state index contributed by atoms with van der Waals surface area (Å²) < 4.78 is 103. The van der Waals surface area contributed by atoms with Gasteiger partial charge in [-0.15, -0.1) is 0 Å². The van der Waals surface area contributed by atoms with Crippen molar-refractivity contribution in [3.05, 3.63) is 415 Å². The number of hydrogen-bond donors (Lipinski definition) is 0. The monoisotopic (exact) mass is 1800 g/mol. The molecule has 0 bridgehead atoms. The number of aryl methyl sites for hydroxylation is 2. The fraction of sp³-hybridized carbons (Fsp3) is 0.202. The third kappa shape index (κ3) is 32.8. The van der Waals surface area contributed by atoms with E-state index in [9.17, 15) is 40.3 Å². The Balaban J connectivity index is 0.000000175. The molecule has 4 unspecified atom stereocenters. The predicted molar refractivity (Wildman–Crippen MR) is 513 cm³/mol. The van der Waals surface area contributed by atoms with Crippen molar-refractivity contribution in [1.29, 1.82) is 0 Å². The van der Waals surface area contributed by atoms with Gasteiger partial charge in [-0.05, 0) is 278 Å². The molecule has 0 amide bonds. The van der Waals surface area contributed by atoms with E-state index in [1.165, 1.54) is 75.9 Å². The van der Waals surface area contributed by atoms with Crippen LogP contribution >= 0.6 is 0 Å². The summed E-state index contributed by atoms with van der Waals surface area (Å²) in [4.78, 5) is 43.0. The second-order valence-corrected chi connectivity index (χ2v) is 37.0. The van der Waals surface area contributed by atoms with E-state index < -0.39 is 32.2 Å². The van der Waals surface area contributed by atoms with Crippen molar-refractivity contribution in [3.63, 3.8) is 0 Å². The first kappa shape index (κ1) is 100.0. The minimum Gasteiger partial charge on any atom is -0.744 e. The summed E-state index contributed by atoms with van der Waals surface area (Å²) in [7, 11) is -7.46. The number of carbonyl (C=O) groups is 3. The molecule has 4 atom stereocenters. The van der Waals surface area contributed by atoms with Gasteiger partial charge < -0.3 is 42.3 Å². The molecular formula is C109H112O16S4. The highest BCUT2D eigenvalue weighted by molar-refractivity contribution is 7.97. The molecule has 14 aromatic carbocycles. The van der Waals surface area contributed by atoms with E-state index in [-0.39, 0.29) is 62.3 Å². The molecule has 16 nitrogen and oxygen atoms in total. The first-order chi connectivity index (χ1) is 62.2. The molecule has 20 heteroatoms. The van der Waals surface area contributed by atoms with Crippen LogP contribution in [0.2, 0.25) is 0 Å². The maximum atomic E-state index is 12.2. The fourth-order valence-corrected chi connectivity index (χ4v) is 17.9. The number of ether oxygens (including phenoxy) is 7. The molecule has 0 saturated heterocycles. The van der Waals surface area contributed by atoms with Crippen molar-refractivity contribution in [1.82, 2.24) is 0 Å². The molecule has 14 aromatic rings. The second kappa shape index (κ2) is 51.9. The molecule has 0 radical (unpaired) electrons. The molecule has 0 saturated carbocycles. The predicted octanol–water partition coefficient (Wildman–Crippen LogP) is 25.6. The standard InChI is InChI=1S/C19H17OS.2C18H20O6S.C18H20O2.C18H22O.C18H15S/c1-20-16-9-8-14-19(15-16)21(17-10-4-2-5-11-17)18-12-6-3-7-13-18;2*1-3-13(2)14-5-4-6-16(11-14)23-12-18(19)24-15-7-9-17(10-8-15)25(20,21)22;1-4-13(2)15-9-7-10-16(12-15)20-18(19)17-11-6-5-8-14(17)3;1-4-14(2)16-10-7-11-18(12-16)19-13-17-9-6-5-8-15(17)3;1-4-10-16(11-5-1)19(17-12-6-2-7-13-17)18-14-8-3-9-15-18/h2-15H,1H3;2*4-11,13H,3,12H2,1-2H3,(H,20,21,22);5-13H,4H2,1-3H3;5-12,14H,4,13H2,1-3H3;1-15H/q+1;;;;;+1/p-2. The van der Waals surface area contributed by atoms with Crippen LogP contribution in [0.15, 0.2) is 409 Å². The van der Waals surface area contributed by atoms with Crippen LogP contribution in [0.25, 0.3) is 0 Å². The molecular weight excluding hydrogens is 1690 g/mol. The van der Waals surface area contributed by atoms with E-state index in [0.717, 1.165) is 78.1 Å². The Morgan fingerprint density at radius 3 is 0.938 bits per heavy atom. The van der Waals surface area contributed by atoms with E-state index >= 15 is 0 Å². The Morgan fingerprint density at radius 2 is 0.597 bits per heavy atom. The van der Waals surface area contributed by atoms with Crippen LogP contribution < -0.4 is 33.2 Å². The maximum Gasteiger partial charge on any atom is 0.349 e. The zero-order valence-corrected chi connectivity index (χ0v) is 77.9. The van der Waals surface area contributed by atoms with Gasteiger partial charge in [0.15, 0.2) is 42.6 Å². The zero-order chi connectivity index (χ0) is 92.5. The van der Waals surface area contributed by atoms with Gasteiger partial charge in [-0.3, -0.25) is 0 Å². The molecule has 14 rings (SSSR count). The van der Waals surface area contributed by atoms with Gasteiger partial charge in [0.05, 0.1) is 44.3 Å². The molecule has 0 fully saturated rings. The van der Waals surface area contributed by atoms with E-state index in [1.54, 1.807) is 25.3 Å². The van der Waals surface area contributed by atoms with Gasteiger partial charge in [0.25, 0.3) is 0 Å². The molecule has 0 aliphatic rings. The van der Waals surface area contributed by atoms with Gasteiger partial charge in [-0.1, -0.05) is 243 Å². The maximum absolute atomic E-state index is 12.2. The number of benzene rings is 14. The number of methoxy groups -OCH3 is 1. The third-order valence-electron chi connectivity index (χ3n) is 21.0. The molecule has 0 aliphatic carbocycles. The molecule has 668 valence electrons. The topological polar surface area (TPSA) is 230 Å². The van der Waals surface area contributed by atoms with Crippen LogP contribution in [0, 0.1) is 13.8 Å². The third-order valence-corrected chi connectivity index (χ3v) is 27.1. The summed E-state index contributed by atoms with van der Waals surface area (Å²) in [5, 5.41) is 0. The van der Waals surface area contributed by atoms with E-state index in [4.69, 9.17) is 33.2 Å². The lowest BCUT2D eigenvalue weighted by Gasteiger charge is -2.12. The van der Waals surface area contributed by atoms with Crippen LogP contribution in [-0.4, -0.2) is 64.2 Å². The first-order valence-corrected chi connectivity index (χ1v) is 48.0. The summed E-state index contributed by atoms with van der Waals surface area (Å²) in [6, 6.07) is 118. The number of hydrogen-bond acceptors (Lipinski definition) is 16. The van der Waals surface area contributed by atoms with Crippen molar-refractivity contribution < 1.29 is 73.5 Å². The molecule has 129 heavy (non-hydrogen) atoms. The fourth-order valence-electron chi connectivity index (χ4n) is 12.7. The quantitative estimate of drug-likeness (QED) is 0.0176. The van der Waals surface area contributed by atoms with Crippen molar-refractivity contribution in [2.75, 3.05) is 20.3 Å². The van der Waals surface area contributed by atoms with Crippen LogP contribution in [0.5, 0.6) is 40.2 Å². The van der Waals surface area contributed by atoms with Crippen LogP contribution in [-0.2, 0) is 58.2 Å². The minimum absolute atomic E-state index is 0.0146. The summed E-state index contributed by atoms with van der Waals surface area (Å²) >= 11 is 0. The Kier molecular flexibility index (Phi) is 40.2. The highest BCUT2D eigenvalue weighted by Gasteiger charge is 2.30. The van der Waals surface area contributed by atoms with Crippen molar-refractivity contribution in [3.8, 4) is 40.2 Å². The van der Waals surface area contributed by atoms with E-state index in [1.807, 2.05) is 91.9 Å². The zero-order valence-electron chi connectivity index (χ0n) is 74.6. The first-order valence-electron chi connectivity index (χ1n) is 42.8. The lowest BCUT2D eigenvalue weighted by atomic mass is 9.99. The van der Waals surface area contributed by atoms with Gasteiger partial charge in [0, 0.05) is 6.07 Å². The van der Waals surface area contributed by atoms with E-state index in [0.29, 0.717) is 53.1 Å². The van der Waals surface area contributed by atoms with Gasteiger partial charge in [0.2, 0.25) is 0 Å². The number of esters is 3. The van der Waals surface area contributed by atoms with Crippen LogP contribution in [0.4, 0.5) is 0 Å². The highest BCUT2D eigenvalue weighted by atomic mass is 32.2. The van der Waals surface area contributed by atoms with Crippen LogP contribution in [0.1, 0.15) is 154 Å². The van der Waals surface area contributed by atoms with E-state index in [2.05, 4.69) is 281 Å². The van der Waals surface area contributed by atoms with Crippen molar-refractivity contribution in [2.24, 2.45) is 0 Å². The molecule has 0 N–H and O–H groups in total. The minimum atomic E-state index is -4.52. The summed E-state index contributed by atoms with van der Waals surface area (Å²) in [6.45, 7) is 21.3. The Labute approximate surface area is 767 Å². The normalized spacial score (nSPS) is 11.7. The van der Waals surface area contributed by atoms with Crippen LogP contribution in [0.3, 0.4) is 0 Å². The lowest BCUT2D eigenvalue weighted by Crippen LogP contribution is -2.17. The smallest absolute Gasteiger partial charge is 0.349 e. The van der Waals surface area contributed by atoms with Gasteiger partial charge >= 0.3 is 17.9 Å². The average molecular weight is 1810 g/mol. The van der Waals surface area contributed by atoms with Crippen molar-refractivity contribution in [2.45, 2.75) is 164 Å². The Morgan fingerprint density at radius 1 is 0.302 bits per heavy atom. The molecule has 0 aromatic heterocycles. The number of rotatable bonds is 30. The number of carbonyl (C=O) groups excluding carboxylic acids is 3. The summed E-state index contributed by atoms with van der Waals surface area (Å²) in [5.74, 6) is 4.15. The largest absolute Gasteiger partial charge is 0.744 e. The van der Waals surface area contributed by atoms with Gasteiger partial charge in [-0.25, -0.2) is 31.2 Å². The average Bonchev–Trinajstić information content (AvgIpc) is 0.808. The van der Waals surface area contributed by atoms with Crippen molar-refractivity contribution >= 4 is 59.9 Å². The Bertz CT molecular complexity index is 5730. The van der Waals surface area contributed by atoms with Gasteiger partial charge in [-0.2, -0.15) is 0 Å².